The highest BCUT2D eigenvalue weighted by Crippen LogP contribution is 2.27. The van der Waals surface area contributed by atoms with Gasteiger partial charge in [0.05, 0.1) is 31.0 Å². The molecule has 2 aromatic rings. The molecule has 0 aliphatic heterocycles. The van der Waals surface area contributed by atoms with Crippen LogP contribution in [0.3, 0.4) is 0 Å². The van der Waals surface area contributed by atoms with Crippen molar-refractivity contribution in [3.63, 3.8) is 0 Å². The zero-order valence-electron chi connectivity index (χ0n) is 14.1. The maximum absolute atomic E-state index is 12.1. The first-order valence-electron chi connectivity index (χ1n) is 7.44. The SMILES string of the molecule is COC(=O)c1cc(NC(=O)OCc2ccccc2)c(C(=O)OC)cc1Br. The molecule has 2 aromatic carbocycles. The second-order valence-corrected chi connectivity index (χ2v) is 5.90. The Morgan fingerprint density at radius 3 is 2.19 bits per heavy atom. The maximum atomic E-state index is 12.1. The first kappa shape index (κ1) is 19.5. The molecular formula is C18H16BrNO6. The molecule has 0 heterocycles. The molecule has 1 amide bonds. The summed E-state index contributed by atoms with van der Waals surface area (Å²) in [7, 11) is 2.44. The van der Waals surface area contributed by atoms with Crippen LogP contribution >= 0.6 is 15.9 Å². The van der Waals surface area contributed by atoms with Gasteiger partial charge in [-0.2, -0.15) is 0 Å². The molecule has 0 aromatic heterocycles. The van der Waals surface area contributed by atoms with Crippen LogP contribution in [0, 0.1) is 0 Å². The van der Waals surface area contributed by atoms with Crippen molar-refractivity contribution < 1.29 is 28.6 Å². The molecule has 8 heteroatoms. The molecule has 0 fully saturated rings. The molecule has 0 aliphatic carbocycles. The van der Waals surface area contributed by atoms with Crippen LogP contribution in [0.15, 0.2) is 46.9 Å². The number of benzene rings is 2. The number of amides is 1. The number of halogens is 1. The lowest BCUT2D eigenvalue weighted by atomic mass is 10.1. The predicted octanol–water partition coefficient (Wildman–Crippen LogP) is 3.77. The van der Waals surface area contributed by atoms with Gasteiger partial charge in [0.25, 0.3) is 0 Å². The minimum absolute atomic E-state index is 0.0562. The van der Waals surface area contributed by atoms with E-state index in [0.717, 1.165) is 5.56 Å². The number of anilines is 1. The molecule has 0 atom stereocenters. The number of hydrogen-bond acceptors (Lipinski definition) is 6. The van der Waals surface area contributed by atoms with E-state index in [0.29, 0.717) is 4.47 Å². The van der Waals surface area contributed by atoms with Crippen LogP contribution in [0.1, 0.15) is 26.3 Å². The summed E-state index contributed by atoms with van der Waals surface area (Å²) in [5, 5.41) is 2.45. The van der Waals surface area contributed by atoms with Crippen molar-refractivity contribution in [2.45, 2.75) is 6.61 Å². The van der Waals surface area contributed by atoms with E-state index in [-0.39, 0.29) is 23.4 Å². The van der Waals surface area contributed by atoms with Gasteiger partial charge in [0.1, 0.15) is 6.61 Å². The van der Waals surface area contributed by atoms with E-state index in [4.69, 9.17) is 9.47 Å². The summed E-state index contributed by atoms with van der Waals surface area (Å²) < 4.78 is 14.8. The summed E-state index contributed by atoms with van der Waals surface area (Å²) >= 11 is 3.20. The highest BCUT2D eigenvalue weighted by molar-refractivity contribution is 9.10. The molecule has 0 saturated heterocycles. The van der Waals surface area contributed by atoms with Crippen LogP contribution in [0.5, 0.6) is 0 Å². The quantitative estimate of drug-likeness (QED) is 0.583. The average molecular weight is 422 g/mol. The second kappa shape index (κ2) is 9.00. The van der Waals surface area contributed by atoms with E-state index < -0.39 is 18.0 Å². The molecule has 0 radical (unpaired) electrons. The highest BCUT2D eigenvalue weighted by Gasteiger charge is 2.21. The zero-order chi connectivity index (χ0) is 19.1. The van der Waals surface area contributed by atoms with Crippen LogP contribution < -0.4 is 5.32 Å². The zero-order valence-corrected chi connectivity index (χ0v) is 15.7. The number of ether oxygens (including phenoxy) is 3. The fraction of sp³-hybridized carbons (Fsp3) is 0.167. The van der Waals surface area contributed by atoms with Crippen LogP contribution in [0.4, 0.5) is 10.5 Å². The second-order valence-electron chi connectivity index (χ2n) is 5.05. The number of esters is 2. The number of carbonyl (C=O) groups excluding carboxylic acids is 3. The molecule has 1 N–H and O–H groups in total. The first-order valence-corrected chi connectivity index (χ1v) is 8.23. The van der Waals surface area contributed by atoms with Crippen molar-refractivity contribution in [2.75, 3.05) is 19.5 Å². The number of carbonyl (C=O) groups is 3. The van der Waals surface area contributed by atoms with Crippen LogP contribution in [0.2, 0.25) is 0 Å². The lowest BCUT2D eigenvalue weighted by molar-refractivity contribution is 0.0586. The Bertz CT molecular complexity index is 822. The smallest absolute Gasteiger partial charge is 0.411 e. The molecular weight excluding hydrogens is 406 g/mol. The van der Waals surface area contributed by atoms with E-state index >= 15 is 0 Å². The number of rotatable bonds is 5. The highest BCUT2D eigenvalue weighted by atomic mass is 79.9. The Labute approximate surface area is 158 Å². The van der Waals surface area contributed by atoms with E-state index in [9.17, 15) is 14.4 Å². The van der Waals surface area contributed by atoms with Gasteiger partial charge in [-0.25, -0.2) is 14.4 Å². The fourth-order valence-electron chi connectivity index (χ4n) is 2.09. The van der Waals surface area contributed by atoms with E-state index in [1.807, 2.05) is 30.3 Å². The van der Waals surface area contributed by atoms with Gasteiger partial charge in [0.2, 0.25) is 0 Å². The third-order valence-corrected chi connectivity index (χ3v) is 4.02. The monoisotopic (exact) mass is 421 g/mol. The third kappa shape index (κ3) is 4.82. The molecule has 2 rings (SSSR count). The number of hydrogen-bond donors (Lipinski definition) is 1. The lowest BCUT2D eigenvalue weighted by Crippen LogP contribution is -2.17. The Kier molecular flexibility index (Phi) is 6.74. The fourth-order valence-corrected chi connectivity index (χ4v) is 2.60. The van der Waals surface area contributed by atoms with Gasteiger partial charge in [0.15, 0.2) is 0 Å². The third-order valence-electron chi connectivity index (χ3n) is 3.37. The van der Waals surface area contributed by atoms with E-state index in [2.05, 4.69) is 26.0 Å². The Morgan fingerprint density at radius 1 is 0.962 bits per heavy atom. The average Bonchev–Trinajstić information content (AvgIpc) is 2.67. The summed E-state index contributed by atoms with van der Waals surface area (Å²) in [4.78, 5) is 35.8. The normalized spacial score (nSPS) is 9.96. The summed E-state index contributed by atoms with van der Waals surface area (Å²) in [6.45, 7) is 0.0562. The van der Waals surface area contributed by atoms with Gasteiger partial charge in [-0.15, -0.1) is 0 Å². The summed E-state index contributed by atoms with van der Waals surface area (Å²) in [5.74, 6) is -1.31. The topological polar surface area (TPSA) is 90.9 Å². The predicted molar refractivity (Wildman–Crippen MR) is 97.1 cm³/mol. The summed E-state index contributed by atoms with van der Waals surface area (Å²) in [5.41, 5.74) is 1.07. The first-order chi connectivity index (χ1) is 12.5. The van der Waals surface area contributed by atoms with E-state index in [1.54, 1.807) is 0 Å². The van der Waals surface area contributed by atoms with Gasteiger partial charge < -0.3 is 14.2 Å². The molecule has 136 valence electrons. The van der Waals surface area contributed by atoms with Crippen molar-refractivity contribution in [2.24, 2.45) is 0 Å². The van der Waals surface area contributed by atoms with Crippen LogP contribution in [0.25, 0.3) is 0 Å². The van der Waals surface area contributed by atoms with Gasteiger partial charge >= 0.3 is 18.0 Å². The summed E-state index contributed by atoms with van der Waals surface area (Å²) in [6.07, 6.45) is -0.780. The molecule has 0 saturated carbocycles. The van der Waals surface area contributed by atoms with Crippen molar-refractivity contribution in [3.8, 4) is 0 Å². The van der Waals surface area contributed by atoms with Crippen molar-refractivity contribution in [1.29, 1.82) is 0 Å². The molecule has 0 unspecified atom stereocenters. The van der Waals surface area contributed by atoms with Crippen molar-refractivity contribution in [1.82, 2.24) is 0 Å². The maximum Gasteiger partial charge on any atom is 0.411 e. The minimum Gasteiger partial charge on any atom is -0.465 e. The molecule has 0 aliphatic rings. The summed E-state index contributed by atoms with van der Waals surface area (Å²) in [6, 6.07) is 11.8. The molecule has 26 heavy (non-hydrogen) atoms. The molecule has 0 spiro atoms. The van der Waals surface area contributed by atoms with Gasteiger partial charge in [0, 0.05) is 4.47 Å². The van der Waals surface area contributed by atoms with Gasteiger partial charge in [-0.1, -0.05) is 30.3 Å². The Morgan fingerprint density at radius 2 is 1.58 bits per heavy atom. The lowest BCUT2D eigenvalue weighted by Gasteiger charge is -2.13. The van der Waals surface area contributed by atoms with Crippen LogP contribution in [-0.2, 0) is 20.8 Å². The van der Waals surface area contributed by atoms with Gasteiger partial charge in [-0.05, 0) is 33.6 Å². The van der Waals surface area contributed by atoms with Crippen molar-refractivity contribution >= 4 is 39.6 Å². The number of nitrogens with one attached hydrogen (secondary N) is 1. The molecule has 7 nitrogen and oxygen atoms in total. The Hall–Kier alpha value is -2.87. The van der Waals surface area contributed by atoms with Crippen molar-refractivity contribution in [3.05, 3.63) is 63.6 Å². The largest absolute Gasteiger partial charge is 0.465 e. The number of methoxy groups -OCH3 is 2. The Balaban J connectivity index is 2.23. The standard InChI is InChI=1S/C18H16BrNO6/c1-24-16(21)12-9-15(13(8-14(12)19)17(22)25-2)20-18(23)26-10-11-6-4-3-5-7-11/h3-9H,10H2,1-2H3,(H,20,23). The van der Waals surface area contributed by atoms with Gasteiger partial charge in [-0.3, -0.25) is 5.32 Å². The minimum atomic E-state index is -0.780. The van der Waals surface area contributed by atoms with Crippen LogP contribution in [-0.4, -0.2) is 32.3 Å². The van der Waals surface area contributed by atoms with E-state index in [1.165, 1.54) is 26.4 Å². The molecule has 0 bridgehead atoms.